The van der Waals surface area contributed by atoms with Crippen LogP contribution in [0.25, 0.3) is 0 Å². The van der Waals surface area contributed by atoms with Crippen LogP contribution in [-0.4, -0.2) is 17.6 Å². The molecule has 0 saturated heterocycles. The number of hydrogen-bond donors (Lipinski definition) is 3. The van der Waals surface area contributed by atoms with Gasteiger partial charge in [-0.2, -0.15) is 0 Å². The maximum absolute atomic E-state index is 8.64. The number of nitrogens with zero attached hydrogens (tertiary/aromatic N) is 1. The fourth-order valence-corrected chi connectivity index (χ4v) is 1.88. The highest BCUT2D eigenvalue weighted by molar-refractivity contribution is 6.31. The lowest BCUT2D eigenvalue weighted by atomic mass is 9.81. The molecule has 4 nitrogen and oxygen atoms in total. The summed E-state index contributed by atoms with van der Waals surface area (Å²) in [6.07, 6.45) is 0. The van der Waals surface area contributed by atoms with E-state index >= 15 is 0 Å². The van der Waals surface area contributed by atoms with Gasteiger partial charge in [-0.25, -0.2) is 0 Å². The largest absolute Gasteiger partial charge is 0.409 e. The molecule has 0 atom stereocenters. The Morgan fingerprint density at radius 3 is 2.60 bits per heavy atom. The summed E-state index contributed by atoms with van der Waals surface area (Å²) in [7, 11) is 0. The van der Waals surface area contributed by atoms with Crippen LogP contribution >= 0.6 is 11.6 Å². The molecule has 0 bridgehead atoms. The lowest BCUT2D eigenvalue weighted by molar-refractivity contribution is 0.238. The number of hydrogen-bond acceptors (Lipinski definition) is 3. The number of amidine groups is 1. The highest BCUT2D eigenvalue weighted by Crippen LogP contribution is 2.25. The number of halogens is 1. The first-order valence-corrected chi connectivity index (χ1v) is 7.12. The zero-order valence-electron chi connectivity index (χ0n) is 12.6. The Balaban J connectivity index is 2.66. The van der Waals surface area contributed by atoms with E-state index in [1.807, 2.05) is 6.07 Å². The maximum Gasteiger partial charge on any atom is 0.170 e. The molecule has 5 heteroatoms. The lowest BCUT2D eigenvalue weighted by Gasteiger charge is -2.29. The zero-order valence-corrected chi connectivity index (χ0v) is 13.3. The topological polar surface area (TPSA) is 70.6 Å². The number of nitrogens with two attached hydrogens (primary N) is 1. The first-order chi connectivity index (χ1) is 9.27. The van der Waals surface area contributed by atoms with E-state index < -0.39 is 0 Å². The second-order valence-electron chi connectivity index (χ2n) is 6.04. The van der Waals surface area contributed by atoms with Crippen molar-refractivity contribution in [2.75, 3.05) is 6.54 Å². The van der Waals surface area contributed by atoms with Crippen LogP contribution < -0.4 is 11.1 Å². The SMILES string of the molecule is CC(C)C(C)(C)CNCc1ccc(/C(N)=N/O)cc1Cl. The first kappa shape index (κ1) is 16.8. The van der Waals surface area contributed by atoms with E-state index in [9.17, 15) is 0 Å². The minimum Gasteiger partial charge on any atom is -0.409 e. The van der Waals surface area contributed by atoms with Crippen molar-refractivity contribution in [1.29, 1.82) is 0 Å². The molecule has 0 radical (unpaired) electrons. The third kappa shape index (κ3) is 4.39. The monoisotopic (exact) mass is 297 g/mol. The Bertz CT molecular complexity index is 484. The fourth-order valence-electron chi connectivity index (χ4n) is 1.63. The minimum atomic E-state index is 0.0624. The first-order valence-electron chi connectivity index (χ1n) is 6.75. The van der Waals surface area contributed by atoms with Gasteiger partial charge in [-0.3, -0.25) is 0 Å². The highest BCUT2D eigenvalue weighted by Gasteiger charge is 2.21. The molecule has 20 heavy (non-hydrogen) atoms. The summed E-state index contributed by atoms with van der Waals surface area (Å²) in [5.41, 5.74) is 7.38. The molecule has 0 aliphatic rings. The molecule has 0 aromatic heterocycles. The van der Waals surface area contributed by atoms with Crippen molar-refractivity contribution in [3.05, 3.63) is 34.3 Å². The molecular weight excluding hydrogens is 274 g/mol. The molecule has 4 N–H and O–H groups in total. The number of oxime groups is 1. The second-order valence-corrected chi connectivity index (χ2v) is 6.45. The van der Waals surface area contributed by atoms with Gasteiger partial charge in [-0.15, -0.1) is 0 Å². The van der Waals surface area contributed by atoms with Gasteiger partial charge in [0.05, 0.1) is 0 Å². The van der Waals surface area contributed by atoms with Gasteiger partial charge in [0.15, 0.2) is 5.84 Å². The average Bonchev–Trinajstić information content (AvgIpc) is 2.39. The number of benzene rings is 1. The van der Waals surface area contributed by atoms with Gasteiger partial charge < -0.3 is 16.3 Å². The predicted octanol–water partition coefficient (Wildman–Crippen LogP) is 3.21. The summed E-state index contributed by atoms with van der Waals surface area (Å²) in [6, 6.07) is 5.40. The van der Waals surface area contributed by atoms with Crippen LogP contribution in [0.1, 0.15) is 38.8 Å². The van der Waals surface area contributed by atoms with Gasteiger partial charge in [-0.1, -0.05) is 56.6 Å². The molecule has 0 aliphatic heterocycles. The van der Waals surface area contributed by atoms with Gasteiger partial charge in [-0.05, 0) is 23.0 Å². The minimum absolute atomic E-state index is 0.0624. The van der Waals surface area contributed by atoms with Crippen molar-refractivity contribution in [2.24, 2.45) is 22.2 Å². The van der Waals surface area contributed by atoms with Gasteiger partial charge in [0.1, 0.15) is 0 Å². The molecular formula is C15H24ClN3O. The standard InChI is InChI=1S/C15H24ClN3O/c1-10(2)15(3,4)9-18-8-12-6-5-11(7-13(12)16)14(17)19-20/h5-7,10,18,20H,8-9H2,1-4H3,(H2,17,19). The van der Waals surface area contributed by atoms with Crippen LogP contribution in [0.3, 0.4) is 0 Å². The second kappa shape index (κ2) is 6.95. The van der Waals surface area contributed by atoms with E-state index in [4.69, 9.17) is 22.5 Å². The fraction of sp³-hybridized carbons (Fsp3) is 0.533. The van der Waals surface area contributed by atoms with E-state index in [-0.39, 0.29) is 11.3 Å². The highest BCUT2D eigenvalue weighted by atomic mass is 35.5. The zero-order chi connectivity index (χ0) is 15.3. The van der Waals surface area contributed by atoms with Crippen LogP contribution in [0, 0.1) is 11.3 Å². The third-order valence-electron chi connectivity index (χ3n) is 3.92. The summed E-state index contributed by atoms with van der Waals surface area (Å²) >= 11 is 6.21. The van der Waals surface area contributed by atoms with Gasteiger partial charge >= 0.3 is 0 Å². The molecule has 0 amide bonds. The lowest BCUT2D eigenvalue weighted by Crippen LogP contribution is -2.33. The number of nitrogens with one attached hydrogen (secondary N) is 1. The Morgan fingerprint density at radius 2 is 2.10 bits per heavy atom. The van der Waals surface area contributed by atoms with Crippen LogP contribution in [0.2, 0.25) is 5.02 Å². The summed E-state index contributed by atoms with van der Waals surface area (Å²) in [5, 5.41) is 15.6. The molecule has 0 heterocycles. The van der Waals surface area contributed by atoms with E-state index in [1.165, 1.54) is 0 Å². The summed E-state index contributed by atoms with van der Waals surface area (Å²) < 4.78 is 0. The van der Waals surface area contributed by atoms with Crippen molar-refractivity contribution in [3.63, 3.8) is 0 Å². The van der Waals surface area contributed by atoms with Crippen molar-refractivity contribution in [2.45, 2.75) is 34.2 Å². The quantitative estimate of drug-likeness (QED) is 0.327. The van der Waals surface area contributed by atoms with Crippen molar-refractivity contribution >= 4 is 17.4 Å². The molecule has 0 unspecified atom stereocenters. The summed E-state index contributed by atoms with van der Waals surface area (Å²) in [6.45, 7) is 10.6. The summed E-state index contributed by atoms with van der Waals surface area (Å²) in [4.78, 5) is 0. The van der Waals surface area contributed by atoms with Crippen LogP contribution in [-0.2, 0) is 6.54 Å². The van der Waals surface area contributed by atoms with Gasteiger partial charge in [0.2, 0.25) is 0 Å². The average molecular weight is 298 g/mol. The van der Waals surface area contributed by atoms with Crippen LogP contribution in [0.15, 0.2) is 23.4 Å². The van der Waals surface area contributed by atoms with Crippen LogP contribution in [0.4, 0.5) is 0 Å². The Labute approximate surface area is 126 Å². The number of rotatable bonds is 6. The Hall–Kier alpha value is -1.26. The van der Waals surface area contributed by atoms with E-state index in [0.717, 1.165) is 12.1 Å². The smallest absolute Gasteiger partial charge is 0.170 e. The molecule has 0 fully saturated rings. The molecule has 1 aromatic rings. The van der Waals surface area contributed by atoms with E-state index in [2.05, 4.69) is 38.2 Å². The molecule has 0 saturated carbocycles. The van der Waals surface area contributed by atoms with E-state index in [1.54, 1.807) is 12.1 Å². The maximum atomic E-state index is 8.64. The normalized spacial score (nSPS) is 13.0. The third-order valence-corrected chi connectivity index (χ3v) is 4.27. The molecule has 1 rings (SSSR count). The molecule has 0 aliphatic carbocycles. The Kier molecular flexibility index (Phi) is 5.84. The predicted molar refractivity (Wildman–Crippen MR) is 84.3 cm³/mol. The summed E-state index contributed by atoms with van der Waals surface area (Å²) in [5.74, 6) is 0.667. The molecule has 0 spiro atoms. The Morgan fingerprint density at radius 1 is 1.45 bits per heavy atom. The van der Waals surface area contributed by atoms with Gasteiger partial charge in [0.25, 0.3) is 0 Å². The molecule has 1 aromatic carbocycles. The van der Waals surface area contributed by atoms with Crippen molar-refractivity contribution in [1.82, 2.24) is 5.32 Å². The van der Waals surface area contributed by atoms with Crippen molar-refractivity contribution in [3.8, 4) is 0 Å². The van der Waals surface area contributed by atoms with Crippen molar-refractivity contribution < 1.29 is 5.21 Å². The van der Waals surface area contributed by atoms with Crippen LogP contribution in [0.5, 0.6) is 0 Å². The molecule has 112 valence electrons. The van der Waals surface area contributed by atoms with Gasteiger partial charge in [0, 0.05) is 23.7 Å². The van der Waals surface area contributed by atoms with E-state index in [0.29, 0.717) is 23.0 Å².